The molecule has 2 aromatic rings. The summed E-state index contributed by atoms with van der Waals surface area (Å²) in [6, 6.07) is 10.3. The molecular formula is C15H18N2O3S. The van der Waals surface area contributed by atoms with Gasteiger partial charge in [-0.3, -0.25) is 0 Å². The number of benzene rings is 1. The quantitative estimate of drug-likeness (QED) is 0.874. The molecule has 112 valence electrons. The van der Waals surface area contributed by atoms with Gasteiger partial charge in [0.2, 0.25) is 10.0 Å². The first-order chi connectivity index (χ1) is 10.0. The standard InChI is InChI=1S/C15H18N2O3S/c1-12-15-4-3-9-16(15)10-11-17(12)21(18,19)14-7-5-13(20-2)6-8-14/h3-9,12H,10-11H2,1-2H3/t12-/m1/s1. The van der Waals surface area contributed by atoms with E-state index in [-0.39, 0.29) is 6.04 Å². The molecule has 0 unspecified atom stereocenters. The van der Waals surface area contributed by atoms with Crippen molar-refractivity contribution < 1.29 is 13.2 Å². The lowest BCUT2D eigenvalue weighted by molar-refractivity contribution is 0.282. The summed E-state index contributed by atoms with van der Waals surface area (Å²) in [6.45, 7) is 3.09. The van der Waals surface area contributed by atoms with Gasteiger partial charge in [-0.05, 0) is 43.3 Å². The van der Waals surface area contributed by atoms with Crippen LogP contribution in [0.4, 0.5) is 0 Å². The minimum Gasteiger partial charge on any atom is -0.497 e. The van der Waals surface area contributed by atoms with E-state index in [1.165, 1.54) is 0 Å². The first-order valence-electron chi connectivity index (χ1n) is 6.85. The lowest BCUT2D eigenvalue weighted by atomic mass is 10.2. The van der Waals surface area contributed by atoms with Crippen molar-refractivity contribution in [3.8, 4) is 5.75 Å². The minimum absolute atomic E-state index is 0.166. The maximum absolute atomic E-state index is 12.8. The van der Waals surface area contributed by atoms with Crippen molar-refractivity contribution in [3.05, 3.63) is 48.3 Å². The number of fused-ring (bicyclic) bond motifs is 1. The summed E-state index contributed by atoms with van der Waals surface area (Å²) in [5.74, 6) is 0.648. The van der Waals surface area contributed by atoms with Crippen molar-refractivity contribution in [2.75, 3.05) is 13.7 Å². The van der Waals surface area contributed by atoms with Crippen molar-refractivity contribution in [2.24, 2.45) is 0 Å². The Morgan fingerprint density at radius 2 is 1.86 bits per heavy atom. The molecule has 1 aromatic heterocycles. The molecule has 1 aliphatic rings. The molecule has 0 radical (unpaired) electrons. The minimum atomic E-state index is -3.49. The van der Waals surface area contributed by atoms with E-state index in [1.807, 2.05) is 25.3 Å². The van der Waals surface area contributed by atoms with Crippen molar-refractivity contribution in [2.45, 2.75) is 24.4 Å². The molecular weight excluding hydrogens is 288 g/mol. The van der Waals surface area contributed by atoms with Crippen LogP contribution in [0.1, 0.15) is 18.7 Å². The van der Waals surface area contributed by atoms with Gasteiger partial charge in [0, 0.05) is 25.0 Å². The second-order valence-corrected chi connectivity index (χ2v) is 6.98. The van der Waals surface area contributed by atoms with E-state index in [0.717, 1.165) is 5.69 Å². The smallest absolute Gasteiger partial charge is 0.243 e. The SMILES string of the molecule is COc1ccc(S(=O)(=O)N2CCn3cccc3[C@H]2C)cc1. The van der Waals surface area contributed by atoms with Gasteiger partial charge in [0.05, 0.1) is 18.0 Å². The number of aromatic nitrogens is 1. The maximum Gasteiger partial charge on any atom is 0.243 e. The van der Waals surface area contributed by atoms with Crippen LogP contribution in [0.3, 0.4) is 0 Å². The normalized spacial score (nSPS) is 19.2. The van der Waals surface area contributed by atoms with Gasteiger partial charge in [0.1, 0.15) is 5.75 Å². The molecule has 1 aromatic carbocycles. The van der Waals surface area contributed by atoms with Gasteiger partial charge in [0.25, 0.3) is 0 Å². The highest BCUT2D eigenvalue weighted by atomic mass is 32.2. The van der Waals surface area contributed by atoms with E-state index < -0.39 is 10.0 Å². The molecule has 6 heteroatoms. The molecule has 2 heterocycles. The number of rotatable bonds is 3. The third-order valence-electron chi connectivity index (χ3n) is 3.95. The average Bonchev–Trinajstić information content (AvgIpc) is 2.97. The Morgan fingerprint density at radius 1 is 1.14 bits per heavy atom. The van der Waals surface area contributed by atoms with Gasteiger partial charge >= 0.3 is 0 Å². The van der Waals surface area contributed by atoms with Crippen molar-refractivity contribution in [3.63, 3.8) is 0 Å². The van der Waals surface area contributed by atoms with Crippen molar-refractivity contribution >= 4 is 10.0 Å². The molecule has 0 aliphatic carbocycles. The number of sulfonamides is 1. The fourth-order valence-corrected chi connectivity index (χ4v) is 4.37. The van der Waals surface area contributed by atoms with Gasteiger partial charge in [-0.15, -0.1) is 0 Å². The van der Waals surface area contributed by atoms with E-state index >= 15 is 0 Å². The Labute approximate surface area is 124 Å². The van der Waals surface area contributed by atoms with Crippen molar-refractivity contribution in [1.29, 1.82) is 0 Å². The van der Waals surface area contributed by atoms with Gasteiger partial charge in [-0.1, -0.05) is 0 Å². The zero-order valence-corrected chi connectivity index (χ0v) is 12.9. The average molecular weight is 306 g/mol. The summed E-state index contributed by atoms with van der Waals surface area (Å²) < 4.78 is 34.3. The molecule has 0 spiro atoms. The molecule has 0 N–H and O–H groups in total. The highest BCUT2D eigenvalue weighted by molar-refractivity contribution is 7.89. The Kier molecular flexibility index (Phi) is 3.51. The van der Waals surface area contributed by atoms with Crippen LogP contribution < -0.4 is 4.74 Å². The first kappa shape index (κ1) is 14.2. The second-order valence-electron chi connectivity index (χ2n) is 5.09. The fraction of sp³-hybridized carbons (Fsp3) is 0.333. The summed E-state index contributed by atoms with van der Waals surface area (Å²) in [5, 5.41) is 0. The number of hydrogen-bond donors (Lipinski definition) is 0. The van der Waals surface area contributed by atoms with Gasteiger partial charge in [-0.25, -0.2) is 8.42 Å². The molecule has 0 saturated heterocycles. The predicted octanol–water partition coefficient (Wildman–Crippen LogP) is 2.26. The molecule has 0 amide bonds. The number of hydrogen-bond acceptors (Lipinski definition) is 3. The third-order valence-corrected chi connectivity index (χ3v) is 5.94. The zero-order valence-electron chi connectivity index (χ0n) is 12.1. The highest BCUT2D eigenvalue weighted by Crippen LogP contribution is 2.31. The Bertz CT molecular complexity index is 735. The van der Waals surface area contributed by atoms with Crippen LogP contribution >= 0.6 is 0 Å². The van der Waals surface area contributed by atoms with E-state index in [4.69, 9.17) is 4.74 Å². The molecule has 5 nitrogen and oxygen atoms in total. The van der Waals surface area contributed by atoms with Crippen LogP contribution in [0, 0.1) is 0 Å². The van der Waals surface area contributed by atoms with E-state index in [0.29, 0.717) is 23.7 Å². The first-order valence-corrected chi connectivity index (χ1v) is 8.29. The maximum atomic E-state index is 12.8. The Hall–Kier alpha value is -1.79. The summed E-state index contributed by atoms with van der Waals surface area (Å²) in [7, 11) is -1.93. The number of methoxy groups -OCH3 is 1. The zero-order chi connectivity index (χ0) is 15.0. The second kappa shape index (κ2) is 5.20. The van der Waals surface area contributed by atoms with Gasteiger partial charge in [-0.2, -0.15) is 4.31 Å². The highest BCUT2D eigenvalue weighted by Gasteiger charge is 2.33. The van der Waals surface area contributed by atoms with E-state index in [1.54, 1.807) is 35.7 Å². The van der Waals surface area contributed by atoms with Crippen LogP contribution in [-0.4, -0.2) is 30.9 Å². The molecule has 0 saturated carbocycles. The largest absolute Gasteiger partial charge is 0.497 e. The summed E-state index contributed by atoms with van der Waals surface area (Å²) in [4.78, 5) is 0.301. The molecule has 1 atom stereocenters. The molecule has 1 aliphatic heterocycles. The Balaban J connectivity index is 1.95. The number of ether oxygens (including phenoxy) is 1. The van der Waals surface area contributed by atoms with Crippen molar-refractivity contribution in [1.82, 2.24) is 8.87 Å². The Morgan fingerprint density at radius 3 is 2.52 bits per heavy atom. The van der Waals surface area contributed by atoms with Gasteiger partial charge < -0.3 is 9.30 Å². The monoisotopic (exact) mass is 306 g/mol. The molecule has 21 heavy (non-hydrogen) atoms. The molecule has 0 fully saturated rings. The molecule has 0 bridgehead atoms. The van der Waals surface area contributed by atoms with E-state index in [9.17, 15) is 8.42 Å². The lowest BCUT2D eigenvalue weighted by Gasteiger charge is -2.33. The third kappa shape index (κ3) is 2.34. The number of nitrogens with zero attached hydrogens (tertiary/aromatic N) is 2. The topological polar surface area (TPSA) is 51.5 Å². The predicted molar refractivity (Wildman–Crippen MR) is 79.7 cm³/mol. The molecule has 3 rings (SSSR count). The van der Waals surface area contributed by atoms with Crippen LogP contribution in [0.15, 0.2) is 47.5 Å². The summed E-state index contributed by atoms with van der Waals surface area (Å²) in [6.07, 6.45) is 1.99. The van der Waals surface area contributed by atoms with E-state index in [2.05, 4.69) is 4.57 Å². The van der Waals surface area contributed by atoms with Crippen LogP contribution in [0.2, 0.25) is 0 Å². The summed E-state index contributed by atoms with van der Waals surface area (Å²) in [5.41, 5.74) is 1.03. The van der Waals surface area contributed by atoms with Crippen LogP contribution in [0.5, 0.6) is 5.75 Å². The fourth-order valence-electron chi connectivity index (χ4n) is 2.77. The van der Waals surface area contributed by atoms with Gasteiger partial charge in [0.15, 0.2) is 0 Å². The van der Waals surface area contributed by atoms with Crippen LogP contribution in [0.25, 0.3) is 0 Å². The lowest BCUT2D eigenvalue weighted by Crippen LogP contribution is -2.40. The van der Waals surface area contributed by atoms with Crippen LogP contribution in [-0.2, 0) is 16.6 Å². The summed E-state index contributed by atoms with van der Waals surface area (Å²) >= 11 is 0.